The van der Waals surface area contributed by atoms with E-state index in [0.717, 1.165) is 11.1 Å². The van der Waals surface area contributed by atoms with Crippen molar-refractivity contribution in [2.75, 3.05) is 5.32 Å². The second kappa shape index (κ2) is 10.9. The van der Waals surface area contributed by atoms with Crippen LogP contribution in [0, 0.1) is 5.82 Å². The zero-order chi connectivity index (χ0) is 22.9. The van der Waals surface area contributed by atoms with Crippen LogP contribution in [-0.4, -0.2) is 17.8 Å². The lowest BCUT2D eigenvalue weighted by atomic mass is 10.1. The van der Waals surface area contributed by atoms with Crippen LogP contribution in [0.15, 0.2) is 72.8 Å². The molecule has 0 heterocycles. The van der Waals surface area contributed by atoms with Gasteiger partial charge in [-0.25, -0.2) is 4.39 Å². The van der Waals surface area contributed by atoms with E-state index in [9.17, 15) is 18.8 Å². The minimum atomic E-state index is -0.465. The molecule has 0 atom stereocenters. The monoisotopic (exact) mass is 434 g/mol. The Morgan fingerprint density at radius 1 is 0.906 bits per heavy atom. The Balaban J connectivity index is 1.53. The number of halogens is 1. The topological polar surface area (TPSA) is 84.5 Å². The number of esters is 1. The van der Waals surface area contributed by atoms with Crippen molar-refractivity contribution in [3.8, 4) is 5.75 Å². The lowest BCUT2D eigenvalue weighted by Gasteiger charge is -2.10. The molecule has 0 radical (unpaired) electrons. The summed E-state index contributed by atoms with van der Waals surface area (Å²) in [4.78, 5) is 35.7. The summed E-state index contributed by atoms with van der Waals surface area (Å²) in [6, 6.07) is 19.6. The number of hydrogen-bond acceptors (Lipinski definition) is 4. The molecule has 2 N–H and O–H groups in total. The number of rotatable bonds is 8. The first kappa shape index (κ1) is 22.7. The molecule has 2 amide bonds. The van der Waals surface area contributed by atoms with Crippen LogP contribution >= 0.6 is 0 Å². The number of anilines is 1. The summed E-state index contributed by atoms with van der Waals surface area (Å²) in [7, 11) is 0. The minimum absolute atomic E-state index is 0.147. The fourth-order valence-electron chi connectivity index (χ4n) is 3.07. The Kier molecular flexibility index (Phi) is 7.70. The largest absolute Gasteiger partial charge is 0.427 e. The molecule has 0 aromatic heterocycles. The number of ether oxygens (including phenoxy) is 1. The van der Waals surface area contributed by atoms with E-state index >= 15 is 0 Å². The van der Waals surface area contributed by atoms with Crippen molar-refractivity contribution in [2.45, 2.75) is 26.3 Å². The quantitative estimate of drug-likeness (QED) is 0.410. The third-order valence-corrected chi connectivity index (χ3v) is 4.56. The fourth-order valence-corrected chi connectivity index (χ4v) is 3.07. The first-order valence-corrected chi connectivity index (χ1v) is 10.1. The first-order valence-electron chi connectivity index (χ1n) is 10.1. The molecular formula is C25H23FN2O4. The van der Waals surface area contributed by atoms with Gasteiger partial charge >= 0.3 is 5.97 Å². The summed E-state index contributed by atoms with van der Waals surface area (Å²) in [6.45, 7) is 1.59. The van der Waals surface area contributed by atoms with Crippen molar-refractivity contribution in [3.05, 3.63) is 95.3 Å². The molecule has 3 rings (SSSR count). The molecular weight excluding hydrogens is 411 g/mol. The van der Waals surface area contributed by atoms with Crippen LogP contribution in [0.3, 0.4) is 0 Å². The van der Waals surface area contributed by atoms with E-state index in [-0.39, 0.29) is 24.1 Å². The molecule has 0 saturated carbocycles. The maximum absolute atomic E-state index is 13.2. The van der Waals surface area contributed by atoms with E-state index in [4.69, 9.17) is 4.74 Å². The molecule has 3 aromatic carbocycles. The van der Waals surface area contributed by atoms with E-state index in [1.807, 2.05) is 6.07 Å². The van der Waals surface area contributed by atoms with Gasteiger partial charge < -0.3 is 15.4 Å². The number of carbonyl (C=O) groups excluding carboxylic acids is 3. The number of benzene rings is 3. The standard InChI is InChI=1S/C25H23FN2O4/c1-17(29)32-23-10-4-7-20(15-23)25(31)28-22-9-3-6-19(14-22)16-27-24(30)12-11-18-5-2-8-21(26)13-18/h2-10,13-15H,11-12,16H2,1H3,(H,27,30)(H,28,31). The lowest BCUT2D eigenvalue weighted by molar-refractivity contribution is -0.131. The van der Waals surface area contributed by atoms with Crippen LogP contribution in [0.4, 0.5) is 10.1 Å². The average molecular weight is 434 g/mol. The second-order valence-corrected chi connectivity index (χ2v) is 7.18. The number of hydrogen-bond donors (Lipinski definition) is 2. The minimum Gasteiger partial charge on any atom is -0.427 e. The van der Waals surface area contributed by atoms with Crippen molar-refractivity contribution in [3.63, 3.8) is 0 Å². The molecule has 0 bridgehead atoms. The molecule has 32 heavy (non-hydrogen) atoms. The van der Waals surface area contributed by atoms with Crippen LogP contribution in [0.25, 0.3) is 0 Å². The van der Waals surface area contributed by atoms with Gasteiger partial charge in [0.15, 0.2) is 0 Å². The van der Waals surface area contributed by atoms with Crippen molar-refractivity contribution in [2.24, 2.45) is 0 Å². The molecule has 3 aromatic rings. The molecule has 0 aliphatic carbocycles. The Labute approximate surface area is 185 Å². The number of carbonyl (C=O) groups is 3. The highest BCUT2D eigenvalue weighted by atomic mass is 19.1. The lowest BCUT2D eigenvalue weighted by Crippen LogP contribution is -2.23. The van der Waals surface area contributed by atoms with Crippen LogP contribution in [-0.2, 0) is 22.6 Å². The van der Waals surface area contributed by atoms with E-state index in [2.05, 4.69) is 10.6 Å². The Hall–Kier alpha value is -4.00. The average Bonchev–Trinajstić information content (AvgIpc) is 2.76. The molecule has 0 saturated heterocycles. The third-order valence-electron chi connectivity index (χ3n) is 4.56. The van der Waals surface area contributed by atoms with Gasteiger partial charge in [0.1, 0.15) is 11.6 Å². The first-order chi connectivity index (χ1) is 15.4. The van der Waals surface area contributed by atoms with Crippen LogP contribution in [0.1, 0.15) is 34.8 Å². The van der Waals surface area contributed by atoms with Gasteiger partial charge in [0.05, 0.1) is 0 Å². The van der Waals surface area contributed by atoms with Crippen molar-refractivity contribution in [1.29, 1.82) is 0 Å². The molecule has 0 spiro atoms. The summed E-state index contributed by atoms with van der Waals surface area (Å²) in [6.07, 6.45) is 0.699. The predicted molar refractivity (Wildman–Crippen MR) is 119 cm³/mol. The van der Waals surface area contributed by atoms with E-state index in [0.29, 0.717) is 30.0 Å². The van der Waals surface area contributed by atoms with E-state index in [1.54, 1.807) is 48.5 Å². The normalized spacial score (nSPS) is 10.3. The van der Waals surface area contributed by atoms with Gasteiger partial charge in [0.2, 0.25) is 5.91 Å². The number of nitrogens with one attached hydrogen (secondary N) is 2. The zero-order valence-electron chi connectivity index (χ0n) is 17.6. The van der Waals surface area contributed by atoms with E-state index < -0.39 is 5.97 Å². The highest BCUT2D eigenvalue weighted by Crippen LogP contribution is 2.17. The van der Waals surface area contributed by atoms with Gasteiger partial charge in [-0.3, -0.25) is 14.4 Å². The maximum atomic E-state index is 13.2. The van der Waals surface area contributed by atoms with Crippen LogP contribution in [0.2, 0.25) is 0 Å². The van der Waals surface area contributed by atoms with Crippen molar-refractivity contribution >= 4 is 23.5 Å². The predicted octanol–water partition coefficient (Wildman–Crippen LogP) is 4.25. The summed E-state index contributed by atoms with van der Waals surface area (Å²) in [5.41, 5.74) is 2.50. The summed E-state index contributed by atoms with van der Waals surface area (Å²) < 4.78 is 18.2. The fraction of sp³-hybridized carbons (Fsp3) is 0.160. The third kappa shape index (κ3) is 7.05. The van der Waals surface area contributed by atoms with E-state index in [1.165, 1.54) is 25.1 Å². The Bertz CT molecular complexity index is 1130. The smallest absolute Gasteiger partial charge is 0.308 e. The van der Waals surface area contributed by atoms with Gasteiger partial charge in [-0.2, -0.15) is 0 Å². The summed E-state index contributed by atoms with van der Waals surface area (Å²) >= 11 is 0. The molecule has 0 aliphatic heterocycles. The van der Waals surface area contributed by atoms with Gasteiger partial charge in [-0.15, -0.1) is 0 Å². The molecule has 0 aliphatic rings. The SMILES string of the molecule is CC(=O)Oc1cccc(C(=O)Nc2cccc(CNC(=O)CCc3cccc(F)c3)c2)c1. The molecule has 0 fully saturated rings. The highest BCUT2D eigenvalue weighted by molar-refractivity contribution is 6.04. The van der Waals surface area contributed by atoms with Gasteiger partial charge in [-0.1, -0.05) is 30.3 Å². The highest BCUT2D eigenvalue weighted by Gasteiger charge is 2.09. The zero-order valence-corrected chi connectivity index (χ0v) is 17.6. The summed E-state index contributed by atoms with van der Waals surface area (Å²) in [5, 5.41) is 5.62. The Morgan fingerprint density at radius 3 is 2.44 bits per heavy atom. The van der Waals surface area contributed by atoms with Gasteiger partial charge in [-0.05, 0) is 60.0 Å². The molecule has 7 heteroatoms. The Morgan fingerprint density at radius 2 is 1.66 bits per heavy atom. The van der Waals surface area contributed by atoms with Gasteiger partial charge in [0, 0.05) is 31.1 Å². The van der Waals surface area contributed by atoms with Gasteiger partial charge in [0.25, 0.3) is 5.91 Å². The number of aryl methyl sites for hydroxylation is 1. The van der Waals surface area contributed by atoms with Crippen molar-refractivity contribution < 1.29 is 23.5 Å². The molecule has 0 unspecified atom stereocenters. The molecule has 164 valence electrons. The second-order valence-electron chi connectivity index (χ2n) is 7.18. The summed E-state index contributed by atoms with van der Waals surface area (Å²) in [5.74, 6) is -0.991. The number of amides is 2. The molecule has 6 nitrogen and oxygen atoms in total. The van der Waals surface area contributed by atoms with Crippen molar-refractivity contribution in [1.82, 2.24) is 5.32 Å². The van der Waals surface area contributed by atoms with Crippen LogP contribution < -0.4 is 15.4 Å². The maximum Gasteiger partial charge on any atom is 0.308 e. The van der Waals surface area contributed by atoms with Crippen LogP contribution in [0.5, 0.6) is 5.75 Å².